The van der Waals surface area contributed by atoms with Crippen molar-refractivity contribution in [2.24, 2.45) is 0 Å². The standard InChI is InChI=1S/C11H11FN4O4S/c1-6-7(2)13-14-11(6)15-21(19,20)9-5-3-4-8(12)10(9)16(17)18/h3-5H,1-2H3,(H2,13,14,15). The summed E-state index contributed by atoms with van der Waals surface area (Å²) in [6.45, 7) is 3.31. The van der Waals surface area contributed by atoms with Gasteiger partial charge in [-0.15, -0.1) is 0 Å². The Morgan fingerprint density at radius 2 is 2.05 bits per heavy atom. The van der Waals surface area contributed by atoms with Gasteiger partial charge in [-0.2, -0.15) is 9.49 Å². The second kappa shape index (κ2) is 5.13. The number of aryl methyl sites for hydroxylation is 1. The summed E-state index contributed by atoms with van der Waals surface area (Å²) in [6, 6.07) is 2.86. The van der Waals surface area contributed by atoms with E-state index < -0.39 is 31.3 Å². The minimum absolute atomic E-state index is 0.00561. The van der Waals surface area contributed by atoms with Gasteiger partial charge in [-0.25, -0.2) is 8.42 Å². The summed E-state index contributed by atoms with van der Waals surface area (Å²) in [5.74, 6) is -1.22. The Kier molecular flexibility index (Phi) is 3.64. The molecule has 1 heterocycles. The van der Waals surface area contributed by atoms with Crippen molar-refractivity contribution in [2.45, 2.75) is 18.7 Å². The van der Waals surface area contributed by atoms with Gasteiger partial charge in [0, 0.05) is 11.3 Å². The van der Waals surface area contributed by atoms with Crippen molar-refractivity contribution in [3.63, 3.8) is 0 Å². The van der Waals surface area contributed by atoms with E-state index in [1.54, 1.807) is 13.8 Å². The Balaban J connectivity index is 2.53. The number of hydrogen-bond donors (Lipinski definition) is 2. The van der Waals surface area contributed by atoms with E-state index >= 15 is 0 Å². The fourth-order valence-corrected chi connectivity index (χ4v) is 2.90. The normalized spacial score (nSPS) is 11.4. The van der Waals surface area contributed by atoms with Crippen molar-refractivity contribution in [1.29, 1.82) is 0 Å². The smallest absolute Gasteiger partial charge is 0.280 e. The minimum Gasteiger partial charge on any atom is -0.280 e. The van der Waals surface area contributed by atoms with Crippen molar-refractivity contribution >= 4 is 21.5 Å². The topological polar surface area (TPSA) is 118 Å². The van der Waals surface area contributed by atoms with Crippen LogP contribution in [-0.2, 0) is 10.0 Å². The highest BCUT2D eigenvalue weighted by atomic mass is 32.2. The molecule has 0 radical (unpaired) electrons. The van der Waals surface area contributed by atoms with Crippen LogP contribution in [0.4, 0.5) is 15.9 Å². The van der Waals surface area contributed by atoms with Crippen LogP contribution in [0.15, 0.2) is 23.1 Å². The molecule has 0 fully saturated rings. The van der Waals surface area contributed by atoms with E-state index in [0.29, 0.717) is 11.3 Å². The largest absolute Gasteiger partial charge is 0.325 e. The summed E-state index contributed by atoms with van der Waals surface area (Å²) in [4.78, 5) is 9.03. The van der Waals surface area contributed by atoms with Gasteiger partial charge in [0.15, 0.2) is 10.7 Å². The second-order valence-corrected chi connectivity index (χ2v) is 5.92. The first-order valence-electron chi connectivity index (χ1n) is 5.71. The van der Waals surface area contributed by atoms with Crippen LogP contribution in [-0.4, -0.2) is 23.5 Å². The SMILES string of the molecule is Cc1[nH]nc(NS(=O)(=O)c2cccc(F)c2[N+](=O)[O-])c1C. The first-order chi connectivity index (χ1) is 9.74. The Morgan fingerprint density at radius 3 is 2.57 bits per heavy atom. The maximum absolute atomic E-state index is 13.5. The summed E-state index contributed by atoms with van der Waals surface area (Å²) in [6.07, 6.45) is 0. The molecule has 0 aliphatic carbocycles. The summed E-state index contributed by atoms with van der Waals surface area (Å²) < 4.78 is 40.0. The molecule has 112 valence electrons. The molecule has 0 aliphatic heterocycles. The zero-order chi connectivity index (χ0) is 15.8. The van der Waals surface area contributed by atoms with Gasteiger partial charge in [-0.1, -0.05) is 6.07 Å². The second-order valence-electron chi connectivity index (χ2n) is 4.27. The molecule has 0 spiro atoms. The van der Waals surface area contributed by atoms with Crippen LogP contribution >= 0.6 is 0 Å². The van der Waals surface area contributed by atoms with E-state index in [-0.39, 0.29) is 5.82 Å². The Labute approximate surface area is 119 Å². The molecule has 0 atom stereocenters. The molecule has 1 aromatic heterocycles. The highest BCUT2D eigenvalue weighted by Crippen LogP contribution is 2.28. The van der Waals surface area contributed by atoms with Crippen LogP contribution < -0.4 is 4.72 Å². The molecule has 8 nitrogen and oxygen atoms in total. The number of nitro groups is 1. The predicted molar refractivity (Wildman–Crippen MR) is 71.9 cm³/mol. The molecule has 0 saturated heterocycles. The molecule has 21 heavy (non-hydrogen) atoms. The number of nitro benzene ring substituents is 1. The Hall–Kier alpha value is -2.49. The zero-order valence-electron chi connectivity index (χ0n) is 11.0. The van der Waals surface area contributed by atoms with Crippen molar-refractivity contribution < 1.29 is 17.7 Å². The van der Waals surface area contributed by atoms with Crippen LogP contribution in [0.25, 0.3) is 0 Å². The third-order valence-corrected chi connectivity index (χ3v) is 4.28. The number of nitrogens with zero attached hydrogens (tertiary/aromatic N) is 2. The van der Waals surface area contributed by atoms with Crippen LogP contribution in [0.5, 0.6) is 0 Å². The fourth-order valence-electron chi connectivity index (χ4n) is 1.66. The number of aromatic amines is 1. The first-order valence-corrected chi connectivity index (χ1v) is 7.19. The number of halogens is 1. The number of nitrogens with one attached hydrogen (secondary N) is 2. The number of hydrogen-bond acceptors (Lipinski definition) is 5. The van der Waals surface area contributed by atoms with Gasteiger partial charge in [0.2, 0.25) is 5.82 Å². The van der Waals surface area contributed by atoms with Crippen molar-refractivity contribution in [1.82, 2.24) is 10.2 Å². The minimum atomic E-state index is -4.33. The van der Waals surface area contributed by atoms with E-state index in [4.69, 9.17) is 0 Å². The number of anilines is 1. The Morgan fingerprint density at radius 1 is 1.38 bits per heavy atom. The third-order valence-electron chi connectivity index (χ3n) is 2.91. The van der Waals surface area contributed by atoms with Crippen LogP contribution in [0.2, 0.25) is 0 Å². The Bertz CT molecular complexity index is 816. The van der Waals surface area contributed by atoms with Gasteiger partial charge in [-0.05, 0) is 26.0 Å². The number of aromatic nitrogens is 2. The van der Waals surface area contributed by atoms with E-state index in [1.807, 2.05) is 0 Å². The van der Waals surface area contributed by atoms with E-state index in [2.05, 4.69) is 14.9 Å². The van der Waals surface area contributed by atoms with Crippen LogP contribution in [0.3, 0.4) is 0 Å². The highest BCUT2D eigenvalue weighted by molar-refractivity contribution is 7.92. The summed E-state index contributed by atoms with van der Waals surface area (Å²) >= 11 is 0. The molecular formula is C11H11FN4O4S. The van der Waals surface area contributed by atoms with Crippen LogP contribution in [0.1, 0.15) is 11.3 Å². The highest BCUT2D eigenvalue weighted by Gasteiger charge is 2.30. The van der Waals surface area contributed by atoms with Gasteiger partial charge < -0.3 is 0 Å². The maximum atomic E-state index is 13.5. The zero-order valence-corrected chi connectivity index (χ0v) is 11.9. The van der Waals surface area contributed by atoms with E-state index in [9.17, 15) is 22.9 Å². The number of sulfonamides is 1. The number of rotatable bonds is 4. The van der Waals surface area contributed by atoms with Gasteiger partial charge in [0.05, 0.1) is 4.92 Å². The van der Waals surface area contributed by atoms with Crippen LogP contribution in [0, 0.1) is 29.8 Å². The maximum Gasteiger partial charge on any atom is 0.325 e. The van der Waals surface area contributed by atoms with Gasteiger partial charge in [0.25, 0.3) is 10.0 Å². The monoisotopic (exact) mass is 314 g/mol. The number of para-hydroxylation sites is 1. The molecule has 0 unspecified atom stereocenters. The summed E-state index contributed by atoms with van der Waals surface area (Å²) in [5, 5.41) is 17.2. The lowest BCUT2D eigenvalue weighted by Crippen LogP contribution is -2.16. The quantitative estimate of drug-likeness (QED) is 0.659. The average Bonchev–Trinajstić information content (AvgIpc) is 2.69. The van der Waals surface area contributed by atoms with Gasteiger partial charge in [0.1, 0.15) is 0 Å². The summed E-state index contributed by atoms with van der Waals surface area (Å²) in [7, 11) is -4.33. The lowest BCUT2D eigenvalue weighted by molar-refractivity contribution is -0.390. The van der Waals surface area contributed by atoms with Gasteiger partial charge >= 0.3 is 5.69 Å². The molecule has 2 rings (SSSR count). The third kappa shape index (κ3) is 2.70. The molecule has 0 bridgehead atoms. The molecule has 1 aromatic carbocycles. The van der Waals surface area contributed by atoms with E-state index in [1.165, 1.54) is 0 Å². The molecule has 0 amide bonds. The molecule has 2 N–H and O–H groups in total. The molecule has 10 heteroatoms. The first kappa shape index (κ1) is 14.9. The lowest BCUT2D eigenvalue weighted by atomic mass is 10.3. The predicted octanol–water partition coefficient (Wildman–Crippen LogP) is 1.87. The number of benzene rings is 1. The molecule has 0 saturated carbocycles. The average molecular weight is 314 g/mol. The fraction of sp³-hybridized carbons (Fsp3) is 0.182. The lowest BCUT2D eigenvalue weighted by Gasteiger charge is -2.07. The molecular weight excluding hydrogens is 303 g/mol. The summed E-state index contributed by atoms with van der Waals surface area (Å²) in [5.41, 5.74) is 0.0778. The molecule has 2 aromatic rings. The van der Waals surface area contributed by atoms with E-state index in [0.717, 1.165) is 18.2 Å². The molecule has 0 aliphatic rings. The van der Waals surface area contributed by atoms with Crippen molar-refractivity contribution in [3.05, 3.63) is 45.4 Å². The van der Waals surface area contributed by atoms with Gasteiger partial charge in [-0.3, -0.25) is 19.9 Å². The number of H-pyrrole nitrogens is 1. The van der Waals surface area contributed by atoms with Crippen molar-refractivity contribution in [3.8, 4) is 0 Å². The van der Waals surface area contributed by atoms with Crippen molar-refractivity contribution in [2.75, 3.05) is 4.72 Å².